The number of aryl methyl sites for hydroxylation is 1. The van der Waals surface area contributed by atoms with E-state index in [-0.39, 0.29) is 12.2 Å². The SMILES string of the molecule is OCCCCCc1cc(F)c(F)cc1F. The minimum absolute atomic E-state index is 0.0975. The van der Waals surface area contributed by atoms with Crippen molar-refractivity contribution in [2.45, 2.75) is 25.7 Å². The first-order chi connectivity index (χ1) is 7.15. The third-order valence-corrected chi connectivity index (χ3v) is 2.19. The molecule has 0 fully saturated rings. The zero-order valence-corrected chi connectivity index (χ0v) is 8.27. The van der Waals surface area contributed by atoms with E-state index in [2.05, 4.69) is 0 Å². The van der Waals surface area contributed by atoms with Gasteiger partial charge in [-0.05, 0) is 30.9 Å². The fourth-order valence-electron chi connectivity index (χ4n) is 1.36. The van der Waals surface area contributed by atoms with Crippen molar-refractivity contribution in [1.82, 2.24) is 0 Å². The van der Waals surface area contributed by atoms with Gasteiger partial charge < -0.3 is 5.11 Å². The van der Waals surface area contributed by atoms with E-state index in [1.807, 2.05) is 0 Å². The molecule has 0 saturated carbocycles. The molecule has 0 unspecified atom stereocenters. The lowest BCUT2D eigenvalue weighted by atomic mass is 10.1. The van der Waals surface area contributed by atoms with Crippen LogP contribution in [0.3, 0.4) is 0 Å². The van der Waals surface area contributed by atoms with Gasteiger partial charge in [0.05, 0.1) is 0 Å². The van der Waals surface area contributed by atoms with Gasteiger partial charge in [0.2, 0.25) is 0 Å². The van der Waals surface area contributed by atoms with Crippen molar-refractivity contribution < 1.29 is 18.3 Å². The Morgan fingerprint density at radius 3 is 2.20 bits per heavy atom. The van der Waals surface area contributed by atoms with Crippen molar-refractivity contribution >= 4 is 0 Å². The van der Waals surface area contributed by atoms with E-state index in [0.717, 1.165) is 12.5 Å². The molecule has 84 valence electrons. The Labute approximate surface area is 86.5 Å². The lowest BCUT2D eigenvalue weighted by Crippen LogP contribution is -1.96. The second kappa shape index (κ2) is 5.75. The fourth-order valence-corrected chi connectivity index (χ4v) is 1.36. The average Bonchev–Trinajstić information content (AvgIpc) is 2.20. The van der Waals surface area contributed by atoms with Crippen LogP contribution in [0.5, 0.6) is 0 Å². The molecule has 4 heteroatoms. The lowest BCUT2D eigenvalue weighted by molar-refractivity contribution is 0.283. The van der Waals surface area contributed by atoms with Crippen LogP contribution in [0.2, 0.25) is 0 Å². The van der Waals surface area contributed by atoms with Gasteiger partial charge in [-0.2, -0.15) is 0 Å². The Balaban J connectivity index is 2.57. The summed E-state index contributed by atoms with van der Waals surface area (Å²) in [5.74, 6) is -2.89. The number of hydrogen-bond acceptors (Lipinski definition) is 1. The van der Waals surface area contributed by atoms with Crippen LogP contribution in [0, 0.1) is 17.5 Å². The normalized spacial score (nSPS) is 10.7. The average molecular weight is 218 g/mol. The molecule has 1 aromatic rings. The molecule has 1 rings (SSSR count). The second-order valence-electron chi connectivity index (χ2n) is 3.39. The molecule has 15 heavy (non-hydrogen) atoms. The molecular formula is C11H13F3O. The Morgan fingerprint density at radius 1 is 0.867 bits per heavy atom. The summed E-state index contributed by atoms with van der Waals surface area (Å²) in [7, 11) is 0. The standard InChI is InChI=1S/C11H13F3O/c12-9-7-11(14)10(13)6-8(9)4-2-1-3-5-15/h6-7,15H,1-5H2. The zero-order valence-electron chi connectivity index (χ0n) is 8.27. The van der Waals surface area contributed by atoms with Gasteiger partial charge in [-0.3, -0.25) is 0 Å². The van der Waals surface area contributed by atoms with Crippen molar-refractivity contribution in [3.05, 3.63) is 35.1 Å². The second-order valence-corrected chi connectivity index (χ2v) is 3.39. The van der Waals surface area contributed by atoms with E-state index in [4.69, 9.17) is 5.11 Å². The first-order valence-electron chi connectivity index (χ1n) is 4.89. The van der Waals surface area contributed by atoms with Gasteiger partial charge in [-0.25, -0.2) is 13.2 Å². The molecule has 0 aliphatic carbocycles. The van der Waals surface area contributed by atoms with Crippen molar-refractivity contribution in [2.75, 3.05) is 6.61 Å². The molecule has 0 bridgehead atoms. The molecule has 0 amide bonds. The number of rotatable bonds is 5. The summed E-state index contributed by atoms with van der Waals surface area (Å²) >= 11 is 0. The van der Waals surface area contributed by atoms with Crippen molar-refractivity contribution in [2.24, 2.45) is 0 Å². The minimum Gasteiger partial charge on any atom is -0.396 e. The molecule has 1 nitrogen and oxygen atoms in total. The van der Waals surface area contributed by atoms with Gasteiger partial charge in [-0.15, -0.1) is 0 Å². The van der Waals surface area contributed by atoms with E-state index < -0.39 is 17.5 Å². The Morgan fingerprint density at radius 2 is 1.53 bits per heavy atom. The topological polar surface area (TPSA) is 20.2 Å². The van der Waals surface area contributed by atoms with Crippen molar-refractivity contribution in [3.63, 3.8) is 0 Å². The van der Waals surface area contributed by atoms with Gasteiger partial charge in [-0.1, -0.05) is 6.42 Å². The summed E-state index contributed by atoms with van der Waals surface area (Å²) in [4.78, 5) is 0. The van der Waals surface area contributed by atoms with E-state index in [0.29, 0.717) is 25.3 Å². The Kier molecular flexibility index (Phi) is 4.62. The van der Waals surface area contributed by atoms with Gasteiger partial charge in [0.1, 0.15) is 5.82 Å². The maximum absolute atomic E-state index is 13.1. The molecular weight excluding hydrogens is 205 g/mol. The first kappa shape index (κ1) is 12.0. The van der Waals surface area contributed by atoms with Crippen LogP contribution in [-0.2, 0) is 6.42 Å². The van der Waals surface area contributed by atoms with Crippen LogP contribution in [-0.4, -0.2) is 11.7 Å². The fraction of sp³-hybridized carbons (Fsp3) is 0.455. The molecule has 0 spiro atoms. The number of unbranched alkanes of at least 4 members (excludes halogenated alkanes) is 2. The number of halogens is 3. The van der Waals surface area contributed by atoms with Crippen LogP contribution in [0.1, 0.15) is 24.8 Å². The largest absolute Gasteiger partial charge is 0.396 e. The van der Waals surface area contributed by atoms with Crippen molar-refractivity contribution in [3.8, 4) is 0 Å². The summed E-state index contributed by atoms with van der Waals surface area (Å²) in [6, 6.07) is 1.46. The van der Waals surface area contributed by atoms with Gasteiger partial charge in [0.25, 0.3) is 0 Å². The smallest absolute Gasteiger partial charge is 0.161 e. The highest BCUT2D eigenvalue weighted by atomic mass is 19.2. The molecule has 0 aliphatic heterocycles. The molecule has 0 radical (unpaired) electrons. The molecule has 0 atom stereocenters. The predicted molar refractivity (Wildman–Crippen MR) is 51.0 cm³/mol. The highest BCUT2D eigenvalue weighted by Crippen LogP contribution is 2.16. The third-order valence-electron chi connectivity index (χ3n) is 2.19. The summed E-state index contributed by atoms with van der Waals surface area (Å²) in [6.07, 6.45) is 2.41. The third kappa shape index (κ3) is 3.55. The molecule has 1 aromatic carbocycles. The molecule has 0 heterocycles. The van der Waals surface area contributed by atoms with E-state index in [1.54, 1.807) is 0 Å². The monoisotopic (exact) mass is 218 g/mol. The van der Waals surface area contributed by atoms with Gasteiger partial charge >= 0.3 is 0 Å². The first-order valence-corrected chi connectivity index (χ1v) is 4.89. The van der Waals surface area contributed by atoms with Crippen LogP contribution in [0.4, 0.5) is 13.2 Å². The molecule has 0 aliphatic rings. The number of aliphatic hydroxyl groups is 1. The Hall–Kier alpha value is -1.03. The quantitative estimate of drug-likeness (QED) is 0.595. The number of benzene rings is 1. The van der Waals surface area contributed by atoms with Crippen molar-refractivity contribution in [1.29, 1.82) is 0 Å². The summed E-state index contributed by atoms with van der Waals surface area (Å²) < 4.78 is 38.4. The highest BCUT2D eigenvalue weighted by Gasteiger charge is 2.08. The van der Waals surface area contributed by atoms with Crippen LogP contribution in [0.25, 0.3) is 0 Å². The predicted octanol–water partition coefficient (Wildman–Crippen LogP) is 2.81. The van der Waals surface area contributed by atoms with Gasteiger partial charge in [0, 0.05) is 12.7 Å². The maximum Gasteiger partial charge on any atom is 0.161 e. The summed E-state index contributed by atoms with van der Waals surface area (Å²) in [5, 5.41) is 8.51. The van der Waals surface area contributed by atoms with Crippen LogP contribution < -0.4 is 0 Å². The summed E-state index contributed by atoms with van der Waals surface area (Å²) in [5.41, 5.74) is 0.187. The number of hydrogen-bond donors (Lipinski definition) is 1. The zero-order chi connectivity index (χ0) is 11.3. The van der Waals surface area contributed by atoms with Gasteiger partial charge in [0.15, 0.2) is 11.6 Å². The minimum atomic E-state index is -1.16. The lowest BCUT2D eigenvalue weighted by Gasteiger charge is -2.03. The Bertz CT molecular complexity index is 326. The van der Waals surface area contributed by atoms with E-state index in [9.17, 15) is 13.2 Å². The number of aliphatic hydroxyl groups excluding tert-OH is 1. The maximum atomic E-state index is 13.1. The van der Waals surface area contributed by atoms with E-state index >= 15 is 0 Å². The molecule has 0 saturated heterocycles. The van der Waals surface area contributed by atoms with E-state index in [1.165, 1.54) is 0 Å². The van der Waals surface area contributed by atoms with Crippen LogP contribution >= 0.6 is 0 Å². The highest BCUT2D eigenvalue weighted by molar-refractivity contribution is 5.20. The molecule has 1 N–H and O–H groups in total. The summed E-state index contributed by atoms with van der Waals surface area (Å²) in [6.45, 7) is 0.0975. The van der Waals surface area contributed by atoms with Crippen LogP contribution in [0.15, 0.2) is 12.1 Å². The molecule has 0 aromatic heterocycles.